The van der Waals surface area contributed by atoms with E-state index >= 15 is 0 Å². The predicted molar refractivity (Wildman–Crippen MR) is 89.3 cm³/mol. The van der Waals surface area contributed by atoms with Gasteiger partial charge in [-0.1, -0.05) is 18.9 Å². The van der Waals surface area contributed by atoms with Gasteiger partial charge >= 0.3 is 0 Å². The van der Waals surface area contributed by atoms with E-state index in [1.165, 1.54) is 0 Å². The summed E-state index contributed by atoms with van der Waals surface area (Å²) in [6.45, 7) is 0. The first-order valence-electron chi connectivity index (χ1n) is 8.23. The molecular formula is C18H19ClFN3O. The Kier molecular flexibility index (Phi) is 5.51. The Hall–Kier alpha value is -1.88. The summed E-state index contributed by atoms with van der Waals surface area (Å²) < 4.78 is 13.8. The molecule has 0 aliphatic heterocycles. The van der Waals surface area contributed by atoms with Crippen molar-refractivity contribution in [2.75, 3.05) is 0 Å². The second kappa shape index (κ2) is 7.79. The van der Waals surface area contributed by atoms with Crippen LogP contribution in [-0.4, -0.2) is 20.7 Å². The Labute approximate surface area is 145 Å². The van der Waals surface area contributed by atoms with E-state index in [9.17, 15) is 9.18 Å². The lowest BCUT2D eigenvalue weighted by Gasteiger charge is -2.28. The van der Waals surface area contributed by atoms with Gasteiger partial charge in [-0.3, -0.25) is 9.78 Å². The normalized spacial score (nSPS) is 20.8. The number of halogens is 2. The Morgan fingerprint density at radius 1 is 1.25 bits per heavy atom. The van der Waals surface area contributed by atoms with Gasteiger partial charge in [0.2, 0.25) is 5.28 Å². The van der Waals surface area contributed by atoms with E-state index in [2.05, 4.69) is 15.0 Å². The van der Waals surface area contributed by atoms with Gasteiger partial charge < -0.3 is 0 Å². The highest BCUT2D eigenvalue weighted by atomic mass is 35.5. The minimum atomic E-state index is -0.411. The van der Waals surface area contributed by atoms with Gasteiger partial charge in [0, 0.05) is 12.6 Å². The molecule has 0 N–H and O–H groups in total. The first kappa shape index (κ1) is 17.0. The molecule has 2 heterocycles. The first-order chi connectivity index (χ1) is 11.6. The number of pyridine rings is 1. The van der Waals surface area contributed by atoms with Gasteiger partial charge in [-0.25, -0.2) is 14.4 Å². The molecule has 0 bridgehead atoms. The van der Waals surface area contributed by atoms with E-state index < -0.39 is 5.82 Å². The second-order valence-electron chi connectivity index (χ2n) is 6.38. The quantitative estimate of drug-likeness (QED) is 0.598. The Bertz CT molecular complexity index is 711. The zero-order valence-electron chi connectivity index (χ0n) is 13.3. The highest BCUT2D eigenvalue weighted by Crippen LogP contribution is 2.34. The molecule has 2 atom stereocenters. The fraction of sp³-hybridized carbons (Fsp3) is 0.444. The van der Waals surface area contributed by atoms with Crippen molar-refractivity contribution in [3.8, 4) is 0 Å². The van der Waals surface area contributed by atoms with Crippen LogP contribution in [-0.2, 0) is 6.42 Å². The standard InChI is InChI=1S/C18H19ClFN3O/c19-18-22-11-14(20)16(23-18)9-12-4-3-5-13(8-12)10-17(24)15-6-1-2-7-21-15/h1-2,6-7,11-13H,3-5,8-10H2/t12-,13+/m1/s1. The SMILES string of the molecule is O=C(C[C@H]1CCC[C@@H](Cc2nc(Cl)ncc2F)C1)c1ccccn1. The summed E-state index contributed by atoms with van der Waals surface area (Å²) in [4.78, 5) is 24.1. The van der Waals surface area contributed by atoms with Crippen molar-refractivity contribution in [1.82, 2.24) is 15.0 Å². The molecule has 0 radical (unpaired) electrons. The number of aromatic nitrogens is 3. The van der Waals surface area contributed by atoms with Gasteiger partial charge in [-0.05, 0) is 54.8 Å². The van der Waals surface area contributed by atoms with Gasteiger partial charge in [-0.15, -0.1) is 0 Å². The van der Waals surface area contributed by atoms with Crippen LogP contribution in [0.5, 0.6) is 0 Å². The minimum absolute atomic E-state index is 0.0732. The predicted octanol–water partition coefficient (Wildman–Crippen LogP) is 4.29. The van der Waals surface area contributed by atoms with Crippen LogP contribution in [0, 0.1) is 17.7 Å². The lowest BCUT2D eigenvalue weighted by Crippen LogP contribution is -2.21. The molecule has 0 spiro atoms. The van der Waals surface area contributed by atoms with Crippen molar-refractivity contribution >= 4 is 17.4 Å². The third-order valence-electron chi connectivity index (χ3n) is 4.59. The second-order valence-corrected chi connectivity index (χ2v) is 6.72. The fourth-order valence-electron chi connectivity index (χ4n) is 3.46. The topological polar surface area (TPSA) is 55.7 Å². The van der Waals surface area contributed by atoms with E-state index in [0.29, 0.717) is 36.1 Å². The van der Waals surface area contributed by atoms with Crippen molar-refractivity contribution < 1.29 is 9.18 Å². The third-order valence-corrected chi connectivity index (χ3v) is 4.77. The first-order valence-corrected chi connectivity index (χ1v) is 8.60. The molecule has 3 rings (SSSR count). The average molecular weight is 348 g/mol. The molecule has 24 heavy (non-hydrogen) atoms. The summed E-state index contributed by atoms with van der Waals surface area (Å²) in [7, 11) is 0. The largest absolute Gasteiger partial charge is 0.292 e. The Morgan fingerprint density at radius 2 is 2.08 bits per heavy atom. The van der Waals surface area contributed by atoms with E-state index in [1.807, 2.05) is 6.07 Å². The Morgan fingerprint density at radius 3 is 2.88 bits per heavy atom. The molecule has 0 amide bonds. The molecule has 2 aromatic heterocycles. The van der Waals surface area contributed by atoms with Gasteiger partial charge in [0.15, 0.2) is 11.6 Å². The maximum absolute atomic E-state index is 13.8. The molecule has 4 nitrogen and oxygen atoms in total. The minimum Gasteiger partial charge on any atom is -0.292 e. The van der Waals surface area contributed by atoms with E-state index in [1.54, 1.807) is 18.3 Å². The molecule has 1 aliphatic rings. The molecule has 2 aromatic rings. The van der Waals surface area contributed by atoms with Crippen LogP contribution >= 0.6 is 11.6 Å². The van der Waals surface area contributed by atoms with Crippen LogP contribution in [0.1, 0.15) is 48.3 Å². The van der Waals surface area contributed by atoms with Crippen LogP contribution in [0.2, 0.25) is 5.28 Å². The molecule has 126 valence electrons. The molecular weight excluding hydrogens is 329 g/mol. The van der Waals surface area contributed by atoms with Crippen LogP contribution in [0.25, 0.3) is 0 Å². The third kappa shape index (κ3) is 4.35. The highest BCUT2D eigenvalue weighted by Gasteiger charge is 2.26. The summed E-state index contributed by atoms with van der Waals surface area (Å²) in [5.74, 6) is 0.308. The van der Waals surface area contributed by atoms with Crippen molar-refractivity contribution in [3.05, 3.63) is 53.1 Å². The lowest BCUT2D eigenvalue weighted by molar-refractivity contribution is 0.0934. The molecule has 0 unspecified atom stereocenters. The zero-order chi connectivity index (χ0) is 16.9. The number of ketones is 1. The highest BCUT2D eigenvalue weighted by molar-refractivity contribution is 6.28. The number of Topliss-reactive ketones (excluding diaryl/α,β-unsaturated/α-hetero) is 1. The van der Waals surface area contributed by atoms with E-state index in [0.717, 1.165) is 31.9 Å². The van der Waals surface area contributed by atoms with Crippen LogP contribution < -0.4 is 0 Å². The summed E-state index contributed by atoms with van der Waals surface area (Å²) in [6, 6.07) is 5.38. The molecule has 1 aliphatic carbocycles. The number of hydrogen-bond acceptors (Lipinski definition) is 4. The van der Waals surface area contributed by atoms with Gasteiger partial charge in [-0.2, -0.15) is 0 Å². The van der Waals surface area contributed by atoms with Crippen LogP contribution in [0.15, 0.2) is 30.6 Å². The average Bonchev–Trinajstić information content (AvgIpc) is 2.59. The monoisotopic (exact) mass is 347 g/mol. The number of nitrogens with zero attached hydrogens (tertiary/aromatic N) is 3. The van der Waals surface area contributed by atoms with Crippen LogP contribution in [0.3, 0.4) is 0 Å². The zero-order valence-corrected chi connectivity index (χ0v) is 14.0. The maximum Gasteiger partial charge on any atom is 0.222 e. The number of carbonyl (C=O) groups excluding carboxylic acids is 1. The molecule has 0 aromatic carbocycles. The molecule has 1 saturated carbocycles. The van der Waals surface area contributed by atoms with Gasteiger partial charge in [0.25, 0.3) is 0 Å². The number of hydrogen-bond donors (Lipinski definition) is 0. The summed E-state index contributed by atoms with van der Waals surface area (Å²) in [5, 5.41) is 0.0732. The van der Waals surface area contributed by atoms with Crippen molar-refractivity contribution in [1.29, 1.82) is 0 Å². The summed E-state index contributed by atoms with van der Waals surface area (Å²) in [5.41, 5.74) is 0.893. The number of rotatable bonds is 5. The molecule has 6 heteroatoms. The van der Waals surface area contributed by atoms with E-state index in [-0.39, 0.29) is 11.1 Å². The Balaban J connectivity index is 1.60. The maximum atomic E-state index is 13.8. The fourth-order valence-corrected chi connectivity index (χ4v) is 3.61. The van der Waals surface area contributed by atoms with Crippen molar-refractivity contribution in [2.45, 2.75) is 38.5 Å². The van der Waals surface area contributed by atoms with Crippen LogP contribution in [0.4, 0.5) is 4.39 Å². The molecule has 0 saturated heterocycles. The van der Waals surface area contributed by atoms with E-state index in [4.69, 9.17) is 11.6 Å². The molecule has 1 fully saturated rings. The summed E-state index contributed by atoms with van der Waals surface area (Å²) >= 11 is 5.76. The summed E-state index contributed by atoms with van der Waals surface area (Å²) in [6.07, 6.45) is 7.80. The van der Waals surface area contributed by atoms with Crippen molar-refractivity contribution in [3.63, 3.8) is 0 Å². The lowest BCUT2D eigenvalue weighted by atomic mass is 9.77. The van der Waals surface area contributed by atoms with Gasteiger partial charge in [0.05, 0.1) is 11.9 Å². The smallest absolute Gasteiger partial charge is 0.222 e. The number of carbonyl (C=O) groups is 1. The van der Waals surface area contributed by atoms with Gasteiger partial charge in [0.1, 0.15) is 5.69 Å². The van der Waals surface area contributed by atoms with Crippen molar-refractivity contribution in [2.24, 2.45) is 11.8 Å².